The lowest BCUT2D eigenvalue weighted by atomic mass is 9.74. The van der Waals surface area contributed by atoms with Crippen molar-refractivity contribution in [2.24, 2.45) is 11.7 Å². The minimum absolute atomic E-state index is 0.000882. The zero-order valence-electron chi connectivity index (χ0n) is 13.4. The Labute approximate surface area is 142 Å². The molecule has 3 rings (SSSR count). The largest absolute Gasteiger partial charge is 0.381 e. The molecular weight excluding hydrogens is 312 g/mol. The van der Waals surface area contributed by atoms with E-state index >= 15 is 0 Å². The van der Waals surface area contributed by atoms with Crippen molar-refractivity contribution in [2.75, 3.05) is 19.8 Å². The highest BCUT2D eigenvalue weighted by Crippen LogP contribution is 2.38. The molecule has 126 valence electrons. The van der Waals surface area contributed by atoms with Crippen LogP contribution in [0.25, 0.3) is 0 Å². The highest BCUT2D eigenvalue weighted by atomic mass is 35.5. The summed E-state index contributed by atoms with van der Waals surface area (Å²) in [6.07, 6.45) is 4.63. The van der Waals surface area contributed by atoms with Crippen molar-refractivity contribution in [2.45, 2.75) is 43.6 Å². The van der Waals surface area contributed by atoms with E-state index in [1.807, 2.05) is 18.2 Å². The molecule has 0 aromatic heterocycles. The van der Waals surface area contributed by atoms with Crippen molar-refractivity contribution in [3.63, 3.8) is 0 Å². The average molecular weight is 337 g/mol. The summed E-state index contributed by atoms with van der Waals surface area (Å²) in [5.41, 5.74) is 7.02. The van der Waals surface area contributed by atoms with Crippen LogP contribution in [0, 0.1) is 5.92 Å². The van der Waals surface area contributed by atoms with Gasteiger partial charge in [-0.25, -0.2) is 0 Å². The zero-order valence-corrected chi connectivity index (χ0v) is 14.1. The summed E-state index contributed by atoms with van der Waals surface area (Å²) in [7, 11) is 0. The van der Waals surface area contributed by atoms with E-state index < -0.39 is 0 Å². The van der Waals surface area contributed by atoms with Crippen molar-refractivity contribution in [1.82, 2.24) is 5.32 Å². The number of nitrogens with two attached hydrogens (primary N) is 1. The fourth-order valence-corrected chi connectivity index (χ4v) is 4.23. The van der Waals surface area contributed by atoms with Gasteiger partial charge in [-0.3, -0.25) is 4.79 Å². The van der Waals surface area contributed by atoms with E-state index in [0.717, 1.165) is 42.7 Å². The van der Waals surface area contributed by atoms with Crippen LogP contribution in [0.3, 0.4) is 0 Å². The highest BCUT2D eigenvalue weighted by molar-refractivity contribution is 6.31. The molecule has 1 saturated carbocycles. The summed E-state index contributed by atoms with van der Waals surface area (Å²) >= 11 is 6.44. The number of amides is 1. The predicted molar refractivity (Wildman–Crippen MR) is 91.5 cm³/mol. The SMILES string of the molecule is N[C@@H]1CCC[C@@H]1C(=O)NCC1(c2ccccc2Cl)CCOCC1. The monoisotopic (exact) mass is 336 g/mol. The molecule has 1 saturated heterocycles. The van der Waals surface area contributed by atoms with Crippen LogP contribution in [-0.2, 0) is 14.9 Å². The quantitative estimate of drug-likeness (QED) is 0.888. The van der Waals surface area contributed by atoms with Gasteiger partial charge in [0.2, 0.25) is 5.91 Å². The fraction of sp³-hybridized carbons (Fsp3) is 0.611. The first kappa shape index (κ1) is 16.7. The third-order valence-electron chi connectivity index (χ3n) is 5.40. The Morgan fingerprint density at radius 3 is 2.70 bits per heavy atom. The van der Waals surface area contributed by atoms with E-state index in [1.54, 1.807) is 0 Å². The second-order valence-corrected chi connectivity index (χ2v) is 7.20. The number of carbonyl (C=O) groups is 1. The van der Waals surface area contributed by atoms with E-state index in [0.29, 0.717) is 19.8 Å². The highest BCUT2D eigenvalue weighted by Gasteiger charge is 2.38. The molecule has 0 bridgehead atoms. The summed E-state index contributed by atoms with van der Waals surface area (Å²) in [6.45, 7) is 2.00. The second kappa shape index (κ2) is 7.20. The molecule has 5 heteroatoms. The lowest BCUT2D eigenvalue weighted by molar-refractivity contribution is -0.125. The van der Waals surface area contributed by atoms with Crippen LogP contribution < -0.4 is 11.1 Å². The Morgan fingerprint density at radius 2 is 2.04 bits per heavy atom. The molecule has 3 N–H and O–H groups in total. The Balaban J connectivity index is 1.75. The number of carbonyl (C=O) groups excluding carboxylic acids is 1. The zero-order chi connectivity index (χ0) is 16.3. The number of hydrogen-bond acceptors (Lipinski definition) is 3. The van der Waals surface area contributed by atoms with Crippen molar-refractivity contribution >= 4 is 17.5 Å². The van der Waals surface area contributed by atoms with E-state index in [-0.39, 0.29) is 23.3 Å². The van der Waals surface area contributed by atoms with Crippen molar-refractivity contribution in [1.29, 1.82) is 0 Å². The lowest BCUT2D eigenvalue weighted by Crippen LogP contribution is -2.47. The maximum absolute atomic E-state index is 12.5. The number of halogens is 1. The van der Waals surface area contributed by atoms with Gasteiger partial charge in [-0.1, -0.05) is 36.2 Å². The number of rotatable bonds is 4. The van der Waals surface area contributed by atoms with Crippen LogP contribution in [0.1, 0.15) is 37.7 Å². The van der Waals surface area contributed by atoms with E-state index in [4.69, 9.17) is 22.1 Å². The van der Waals surface area contributed by atoms with Crippen LogP contribution in [0.15, 0.2) is 24.3 Å². The Bertz CT molecular complexity index is 558. The van der Waals surface area contributed by atoms with Gasteiger partial charge in [-0.15, -0.1) is 0 Å². The molecule has 2 aliphatic rings. The van der Waals surface area contributed by atoms with E-state index in [1.165, 1.54) is 0 Å². The van der Waals surface area contributed by atoms with Gasteiger partial charge in [0.05, 0.1) is 5.92 Å². The van der Waals surface area contributed by atoms with Crippen LogP contribution >= 0.6 is 11.6 Å². The third kappa shape index (κ3) is 3.54. The number of nitrogens with one attached hydrogen (secondary N) is 1. The summed E-state index contributed by atoms with van der Waals surface area (Å²) < 4.78 is 5.53. The Kier molecular flexibility index (Phi) is 5.24. The molecule has 2 fully saturated rings. The maximum atomic E-state index is 12.5. The molecule has 1 aliphatic carbocycles. The first-order valence-electron chi connectivity index (χ1n) is 8.48. The van der Waals surface area contributed by atoms with Gasteiger partial charge in [0.15, 0.2) is 0 Å². The first-order valence-corrected chi connectivity index (χ1v) is 8.86. The molecule has 23 heavy (non-hydrogen) atoms. The topological polar surface area (TPSA) is 64.4 Å². The molecule has 0 radical (unpaired) electrons. The number of ether oxygens (including phenoxy) is 1. The van der Waals surface area contributed by atoms with E-state index in [9.17, 15) is 4.79 Å². The van der Waals surface area contributed by atoms with E-state index in [2.05, 4.69) is 11.4 Å². The molecule has 2 atom stereocenters. The first-order chi connectivity index (χ1) is 11.1. The minimum atomic E-state index is -0.144. The maximum Gasteiger partial charge on any atom is 0.224 e. The van der Waals surface area contributed by atoms with Gasteiger partial charge < -0.3 is 15.8 Å². The van der Waals surface area contributed by atoms with Crippen molar-refractivity contribution in [3.8, 4) is 0 Å². The van der Waals surface area contributed by atoms with Crippen molar-refractivity contribution in [3.05, 3.63) is 34.9 Å². The third-order valence-corrected chi connectivity index (χ3v) is 5.73. The molecule has 0 unspecified atom stereocenters. The van der Waals surface area contributed by atoms with Gasteiger partial charge >= 0.3 is 0 Å². The molecule has 4 nitrogen and oxygen atoms in total. The van der Waals surface area contributed by atoms with Crippen molar-refractivity contribution < 1.29 is 9.53 Å². The van der Waals surface area contributed by atoms with Crippen LogP contribution in [0.5, 0.6) is 0 Å². The van der Waals surface area contributed by atoms with Crippen LogP contribution in [-0.4, -0.2) is 31.7 Å². The number of hydrogen-bond donors (Lipinski definition) is 2. The molecule has 0 spiro atoms. The lowest BCUT2D eigenvalue weighted by Gasteiger charge is -2.38. The molecular formula is C18H25ClN2O2. The Hall–Kier alpha value is -1.10. The van der Waals surface area contributed by atoms with Crippen LogP contribution in [0.4, 0.5) is 0 Å². The average Bonchev–Trinajstić information content (AvgIpc) is 3.00. The summed E-state index contributed by atoms with van der Waals surface area (Å²) in [5.74, 6) is 0.0473. The number of benzene rings is 1. The van der Waals surface area contributed by atoms with Crippen LogP contribution in [0.2, 0.25) is 5.02 Å². The summed E-state index contributed by atoms with van der Waals surface area (Å²) in [4.78, 5) is 12.5. The molecule has 1 aliphatic heterocycles. The predicted octanol–water partition coefficient (Wildman–Crippen LogP) is 2.63. The summed E-state index contributed by atoms with van der Waals surface area (Å²) in [6, 6.07) is 7.94. The smallest absolute Gasteiger partial charge is 0.224 e. The normalized spacial score (nSPS) is 26.9. The Morgan fingerprint density at radius 1 is 1.30 bits per heavy atom. The van der Waals surface area contributed by atoms with Gasteiger partial charge in [-0.05, 0) is 37.3 Å². The second-order valence-electron chi connectivity index (χ2n) is 6.79. The van der Waals surface area contributed by atoms with Gasteiger partial charge in [0, 0.05) is 36.2 Å². The minimum Gasteiger partial charge on any atom is -0.381 e. The fourth-order valence-electron chi connectivity index (χ4n) is 3.90. The molecule has 1 aromatic carbocycles. The molecule has 1 heterocycles. The standard InChI is InChI=1S/C18H25ClN2O2/c19-15-6-2-1-5-14(15)18(8-10-23-11-9-18)12-21-17(22)13-4-3-7-16(13)20/h1-2,5-6,13,16H,3-4,7-12,20H2,(H,21,22)/t13-,16+/m0/s1. The molecule has 1 aromatic rings. The summed E-state index contributed by atoms with van der Waals surface area (Å²) in [5, 5.41) is 3.92. The van der Waals surface area contributed by atoms with Gasteiger partial charge in [0.25, 0.3) is 0 Å². The van der Waals surface area contributed by atoms with Gasteiger partial charge in [0.1, 0.15) is 0 Å². The van der Waals surface area contributed by atoms with Gasteiger partial charge in [-0.2, -0.15) is 0 Å². The molecule has 1 amide bonds.